The van der Waals surface area contributed by atoms with Crippen LogP contribution in [0.15, 0.2) is 0 Å². The number of hydrogen-bond acceptors (Lipinski definition) is 2. The van der Waals surface area contributed by atoms with Crippen molar-refractivity contribution < 1.29 is 9.90 Å². The molecule has 0 heterocycles. The molecule has 0 aromatic carbocycles. The van der Waals surface area contributed by atoms with Crippen molar-refractivity contribution in [3.05, 3.63) is 0 Å². The van der Waals surface area contributed by atoms with Crippen LogP contribution < -0.4 is 5.32 Å². The lowest BCUT2D eigenvalue weighted by atomic mass is 9.90. The van der Waals surface area contributed by atoms with Crippen molar-refractivity contribution in [3.8, 4) is 12.3 Å². The zero-order chi connectivity index (χ0) is 11.3. The second-order valence-electron chi connectivity index (χ2n) is 4.48. The highest BCUT2D eigenvalue weighted by atomic mass is 16.4. The number of hydrogen-bond donors (Lipinski definition) is 2. The smallest absolute Gasteiger partial charge is 0.323 e. The maximum absolute atomic E-state index is 11.3. The van der Waals surface area contributed by atoms with Crippen LogP contribution in [0.4, 0.5) is 0 Å². The summed E-state index contributed by atoms with van der Waals surface area (Å²) in [7, 11) is 0. The Bertz CT molecular complexity index is 269. The van der Waals surface area contributed by atoms with Crippen molar-refractivity contribution >= 4 is 5.97 Å². The third-order valence-corrected chi connectivity index (χ3v) is 3.30. The molecule has 2 N–H and O–H groups in total. The molecule has 2 atom stereocenters. The second-order valence-corrected chi connectivity index (χ2v) is 4.48. The molecule has 0 aliphatic heterocycles. The molecule has 0 radical (unpaired) electrons. The molecule has 3 nitrogen and oxygen atoms in total. The molecule has 1 rings (SSSR count). The van der Waals surface area contributed by atoms with Crippen molar-refractivity contribution in [1.82, 2.24) is 5.32 Å². The number of aliphatic carboxylic acids is 1. The van der Waals surface area contributed by atoms with Gasteiger partial charge in [-0.05, 0) is 25.2 Å². The lowest BCUT2D eigenvalue weighted by molar-refractivity contribution is -0.145. The molecule has 0 aromatic rings. The zero-order valence-electron chi connectivity index (χ0n) is 9.25. The van der Waals surface area contributed by atoms with E-state index in [0.717, 1.165) is 19.3 Å². The van der Waals surface area contributed by atoms with Crippen LogP contribution in [0.2, 0.25) is 0 Å². The molecule has 15 heavy (non-hydrogen) atoms. The molecular weight excluding hydrogens is 190 g/mol. The van der Waals surface area contributed by atoms with Gasteiger partial charge in [0, 0.05) is 0 Å². The van der Waals surface area contributed by atoms with E-state index in [0.29, 0.717) is 25.3 Å². The average Bonchev–Trinajstić information content (AvgIpc) is 2.39. The molecule has 1 aliphatic rings. The third kappa shape index (κ3) is 2.97. The first-order chi connectivity index (χ1) is 7.10. The molecule has 84 valence electrons. The van der Waals surface area contributed by atoms with Gasteiger partial charge in [-0.3, -0.25) is 10.1 Å². The SMILES string of the molecule is C#CCNC1(C(=O)O)CCCC(C)CC1. The van der Waals surface area contributed by atoms with Gasteiger partial charge in [0.05, 0.1) is 6.54 Å². The van der Waals surface area contributed by atoms with E-state index in [1.54, 1.807) is 0 Å². The fourth-order valence-electron chi connectivity index (χ4n) is 2.20. The van der Waals surface area contributed by atoms with E-state index in [2.05, 4.69) is 18.2 Å². The summed E-state index contributed by atoms with van der Waals surface area (Å²) >= 11 is 0. The summed E-state index contributed by atoms with van der Waals surface area (Å²) in [6.45, 7) is 2.51. The number of carbonyl (C=O) groups is 1. The lowest BCUT2D eigenvalue weighted by Gasteiger charge is -2.28. The summed E-state index contributed by atoms with van der Waals surface area (Å²) in [6.07, 6.45) is 9.58. The van der Waals surface area contributed by atoms with Crippen LogP contribution in [0.1, 0.15) is 39.0 Å². The van der Waals surface area contributed by atoms with E-state index in [4.69, 9.17) is 6.42 Å². The van der Waals surface area contributed by atoms with Gasteiger partial charge in [-0.15, -0.1) is 6.42 Å². The Hall–Kier alpha value is -1.01. The Morgan fingerprint density at radius 1 is 1.60 bits per heavy atom. The van der Waals surface area contributed by atoms with E-state index in [9.17, 15) is 9.90 Å². The standard InChI is InChI=1S/C12H19NO2/c1-3-9-13-12(11(14)15)7-4-5-10(2)6-8-12/h1,10,13H,4-9H2,2H3,(H,14,15). The number of nitrogens with one attached hydrogen (secondary N) is 1. The maximum Gasteiger partial charge on any atom is 0.323 e. The van der Waals surface area contributed by atoms with Gasteiger partial charge >= 0.3 is 5.97 Å². The Kier molecular flexibility index (Phi) is 4.16. The molecule has 3 heteroatoms. The summed E-state index contributed by atoms with van der Waals surface area (Å²) in [5, 5.41) is 12.3. The quantitative estimate of drug-likeness (QED) is 0.548. The monoisotopic (exact) mass is 209 g/mol. The van der Waals surface area contributed by atoms with Crippen LogP contribution in [-0.4, -0.2) is 23.2 Å². The first kappa shape index (κ1) is 12.1. The fourth-order valence-corrected chi connectivity index (χ4v) is 2.20. The maximum atomic E-state index is 11.3. The van der Waals surface area contributed by atoms with Crippen molar-refractivity contribution in [1.29, 1.82) is 0 Å². The summed E-state index contributed by atoms with van der Waals surface area (Å²) in [5.74, 6) is 2.32. The Morgan fingerprint density at radius 3 is 2.93 bits per heavy atom. The number of carboxylic acids is 1. The van der Waals surface area contributed by atoms with Gasteiger partial charge in [-0.1, -0.05) is 25.7 Å². The van der Waals surface area contributed by atoms with Gasteiger partial charge in [-0.25, -0.2) is 0 Å². The van der Waals surface area contributed by atoms with E-state index in [-0.39, 0.29) is 0 Å². The van der Waals surface area contributed by atoms with E-state index < -0.39 is 11.5 Å². The Morgan fingerprint density at radius 2 is 2.33 bits per heavy atom. The molecule has 0 bridgehead atoms. The highest BCUT2D eigenvalue weighted by Crippen LogP contribution is 2.30. The van der Waals surface area contributed by atoms with Gasteiger partial charge in [-0.2, -0.15) is 0 Å². The summed E-state index contributed by atoms with van der Waals surface area (Å²) < 4.78 is 0. The van der Waals surface area contributed by atoms with Crippen molar-refractivity contribution in [3.63, 3.8) is 0 Å². The van der Waals surface area contributed by atoms with Crippen LogP contribution in [-0.2, 0) is 4.79 Å². The summed E-state index contributed by atoms with van der Waals surface area (Å²) in [6, 6.07) is 0. The number of rotatable bonds is 3. The molecule has 0 spiro atoms. The first-order valence-electron chi connectivity index (χ1n) is 5.52. The van der Waals surface area contributed by atoms with Crippen LogP contribution in [0.25, 0.3) is 0 Å². The van der Waals surface area contributed by atoms with E-state index >= 15 is 0 Å². The molecular formula is C12H19NO2. The molecule has 1 fully saturated rings. The minimum atomic E-state index is -0.781. The van der Waals surface area contributed by atoms with Gasteiger partial charge in [0.15, 0.2) is 0 Å². The highest BCUT2D eigenvalue weighted by molar-refractivity contribution is 5.78. The fraction of sp³-hybridized carbons (Fsp3) is 0.750. The molecule has 0 amide bonds. The highest BCUT2D eigenvalue weighted by Gasteiger charge is 2.38. The van der Waals surface area contributed by atoms with Gasteiger partial charge in [0.25, 0.3) is 0 Å². The molecule has 0 saturated heterocycles. The van der Waals surface area contributed by atoms with Crippen molar-refractivity contribution in [2.45, 2.75) is 44.6 Å². The summed E-state index contributed by atoms with van der Waals surface area (Å²) in [5.41, 5.74) is -0.781. The van der Waals surface area contributed by atoms with Crippen LogP contribution in [0.5, 0.6) is 0 Å². The second kappa shape index (κ2) is 5.18. The molecule has 1 aliphatic carbocycles. The zero-order valence-corrected chi connectivity index (χ0v) is 9.25. The molecule has 0 aromatic heterocycles. The number of carboxylic acid groups (broad SMARTS) is 1. The normalized spacial score (nSPS) is 31.6. The topological polar surface area (TPSA) is 49.3 Å². The van der Waals surface area contributed by atoms with Crippen LogP contribution in [0.3, 0.4) is 0 Å². The first-order valence-corrected chi connectivity index (χ1v) is 5.52. The Labute approximate surface area is 91.3 Å². The van der Waals surface area contributed by atoms with Crippen molar-refractivity contribution in [2.24, 2.45) is 5.92 Å². The molecule has 2 unspecified atom stereocenters. The summed E-state index contributed by atoms with van der Waals surface area (Å²) in [4.78, 5) is 11.3. The minimum Gasteiger partial charge on any atom is -0.480 e. The van der Waals surface area contributed by atoms with Gasteiger partial charge in [0.2, 0.25) is 0 Å². The predicted octanol–water partition coefficient (Wildman–Crippen LogP) is 1.63. The van der Waals surface area contributed by atoms with Crippen molar-refractivity contribution in [2.75, 3.05) is 6.54 Å². The number of terminal acetylenes is 1. The largest absolute Gasteiger partial charge is 0.480 e. The van der Waals surface area contributed by atoms with E-state index in [1.807, 2.05) is 0 Å². The lowest BCUT2D eigenvalue weighted by Crippen LogP contribution is -2.51. The molecule has 1 saturated carbocycles. The van der Waals surface area contributed by atoms with Gasteiger partial charge < -0.3 is 5.11 Å². The van der Waals surface area contributed by atoms with Crippen LogP contribution >= 0.6 is 0 Å². The predicted molar refractivity (Wildman–Crippen MR) is 59.5 cm³/mol. The average molecular weight is 209 g/mol. The van der Waals surface area contributed by atoms with E-state index in [1.165, 1.54) is 0 Å². The Balaban J connectivity index is 2.71. The minimum absolute atomic E-state index is 0.334. The van der Waals surface area contributed by atoms with Crippen LogP contribution in [0, 0.1) is 18.3 Å². The van der Waals surface area contributed by atoms with Gasteiger partial charge in [0.1, 0.15) is 5.54 Å². The third-order valence-electron chi connectivity index (χ3n) is 3.30.